The number of fused-ring (bicyclic) bond motifs is 1. The maximum atomic E-state index is 13.1. The molecule has 3 aromatic heterocycles. The van der Waals surface area contributed by atoms with Crippen molar-refractivity contribution in [2.75, 3.05) is 7.05 Å². The van der Waals surface area contributed by atoms with Crippen LogP contribution in [0.1, 0.15) is 27.2 Å². The van der Waals surface area contributed by atoms with Crippen LogP contribution in [-0.4, -0.2) is 22.4 Å². The Morgan fingerprint density at radius 3 is 2.74 bits per heavy atom. The number of furan rings is 1. The summed E-state index contributed by atoms with van der Waals surface area (Å²) in [6.45, 7) is 2.19. The zero-order valence-electron chi connectivity index (χ0n) is 15.0. The minimum Gasteiger partial charge on any atom is -0.443 e. The highest BCUT2D eigenvalue weighted by Crippen LogP contribution is 2.29. The van der Waals surface area contributed by atoms with Crippen molar-refractivity contribution < 1.29 is 9.21 Å². The minimum absolute atomic E-state index is 0.221. The molecule has 0 radical (unpaired) electrons. The molecule has 4 rings (SSSR count). The molecule has 0 aliphatic heterocycles. The van der Waals surface area contributed by atoms with Gasteiger partial charge in [-0.25, -0.2) is 0 Å². The summed E-state index contributed by atoms with van der Waals surface area (Å²) in [5, 5.41) is 12.9. The van der Waals surface area contributed by atoms with Crippen LogP contribution in [0.5, 0.6) is 0 Å². The largest absolute Gasteiger partial charge is 0.443 e. The van der Waals surface area contributed by atoms with Crippen LogP contribution < -0.4 is 0 Å². The topological polar surface area (TPSA) is 62.2 Å². The Balaban J connectivity index is 1.67. The lowest BCUT2D eigenvalue weighted by atomic mass is 10.1. The van der Waals surface area contributed by atoms with E-state index in [1.165, 1.54) is 4.70 Å². The molecule has 6 heteroatoms. The second kappa shape index (κ2) is 6.78. The minimum atomic E-state index is -0.221. The van der Waals surface area contributed by atoms with Gasteiger partial charge in [-0.2, -0.15) is 5.26 Å². The third-order valence-corrected chi connectivity index (χ3v) is 5.56. The molecular weight excluding hydrogens is 358 g/mol. The number of carbonyl (C=O) groups excluding carboxylic acids is 1. The standard InChI is InChI=1S/C21H17N3O2S/c1-14-19(17(11-22)21(26-14)24-9-5-6-10-24)20(25)23(2)12-15-13-27-18-8-4-3-7-16(15)18/h3-10,13H,12H2,1-2H3. The van der Waals surface area contributed by atoms with Gasteiger partial charge in [0.25, 0.3) is 5.91 Å². The van der Waals surface area contributed by atoms with E-state index in [4.69, 9.17) is 4.42 Å². The second-order valence-corrected chi connectivity index (χ2v) is 7.25. The summed E-state index contributed by atoms with van der Waals surface area (Å²) in [6.07, 6.45) is 3.57. The van der Waals surface area contributed by atoms with Crippen LogP contribution in [0, 0.1) is 18.3 Å². The van der Waals surface area contributed by atoms with E-state index in [0.29, 0.717) is 23.8 Å². The van der Waals surface area contributed by atoms with Gasteiger partial charge in [-0.3, -0.25) is 9.36 Å². The number of nitriles is 1. The lowest BCUT2D eigenvalue weighted by Crippen LogP contribution is -2.27. The third kappa shape index (κ3) is 2.92. The first-order valence-electron chi connectivity index (χ1n) is 8.47. The first-order valence-corrected chi connectivity index (χ1v) is 9.35. The van der Waals surface area contributed by atoms with E-state index in [1.807, 2.05) is 24.3 Å². The predicted molar refractivity (Wildman–Crippen MR) is 105 cm³/mol. The van der Waals surface area contributed by atoms with Gasteiger partial charge in [0.2, 0.25) is 5.88 Å². The lowest BCUT2D eigenvalue weighted by molar-refractivity contribution is 0.0784. The Kier molecular flexibility index (Phi) is 4.30. The van der Waals surface area contributed by atoms with E-state index in [2.05, 4.69) is 23.6 Å². The number of hydrogen-bond donors (Lipinski definition) is 0. The molecule has 0 aliphatic rings. The van der Waals surface area contributed by atoms with Gasteiger partial charge in [0.15, 0.2) is 0 Å². The van der Waals surface area contributed by atoms with Crippen molar-refractivity contribution in [1.29, 1.82) is 5.26 Å². The van der Waals surface area contributed by atoms with E-state index in [9.17, 15) is 10.1 Å². The maximum absolute atomic E-state index is 13.1. The van der Waals surface area contributed by atoms with Crippen LogP contribution >= 0.6 is 11.3 Å². The van der Waals surface area contributed by atoms with Gasteiger partial charge in [-0.05, 0) is 41.5 Å². The van der Waals surface area contributed by atoms with Crippen LogP contribution in [0.3, 0.4) is 0 Å². The fraction of sp³-hybridized carbons (Fsp3) is 0.143. The van der Waals surface area contributed by atoms with Gasteiger partial charge < -0.3 is 9.32 Å². The second-order valence-electron chi connectivity index (χ2n) is 6.33. The molecular formula is C21H17N3O2S. The van der Waals surface area contributed by atoms with Gasteiger partial charge in [-0.1, -0.05) is 18.2 Å². The number of nitrogens with zero attached hydrogens (tertiary/aromatic N) is 3. The molecule has 134 valence electrons. The Morgan fingerprint density at radius 2 is 2.00 bits per heavy atom. The summed E-state index contributed by atoms with van der Waals surface area (Å²) >= 11 is 1.66. The molecule has 0 fully saturated rings. The molecule has 3 heterocycles. The number of carbonyl (C=O) groups is 1. The van der Waals surface area contributed by atoms with E-state index in [1.54, 1.807) is 47.2 Å². The Labute approximate surface area is 160 Å². The predicted octanol–water partition coefficient (Wildman–Crippen LogP) is 4.74. The highest BCUT2D eigenvalue weighted by molar-refractivity contribution is 7.17. The third-order valence-electron chi connectivity index (χ3n) is 4.55. The molecule has 1 amide bonds. The smallest absolute Gasteiger partial charge is 0.258 e. The zero-order valence-corrected chi connectivity index (χ0v) is 15.8. The Morgan fingerprint density at radius 1 is 1.26 bits per heavy atom. The number of amides is 1. The van der Waals surface area contributed by atoms with E-state index in [0.717, 1.165) is 10.9 Å². The van der Waals surface area contributed by atoms with Crippen molar-refractivity contribution in [2.24, 2.45) is 0 Å². The molecule has 0 bridgehead atoms. The summed E-state index contributed by atoms with van der Waals surface area (Å²) in [7, 11) is 1.75. The number of aryl methyl sites for hydroxylation is 1. The average Bonchev–Trinajstić information content (AvgIpc) is 3.40. The Bertz CT molecular complexity index is 1160. The van der Waals surface area contributed by atoms with Crippen molar-refractivity contribution in [3.8, 4) is 12.0 Å². The summed E-state index contributed by atoms with van der Waals surface area (Å²) in [5.41, 5.74) is 1.68. The number of thiophene rings is 1. The van der Waals surface area contributed by atoms with Crippen molar-refractivity contribution in [2.45, 2.75) is 13.5 Å². The first kappa shape index (κ1) is 17.1. The lowest BCUT2D eigenvalue weighted by Gasteiger charge is -2.16. The van der Waals surface area contributed by atoms with Gasteiger partial charge >= 0.3 is 0 Å². The number of benzene rings is 1. The van der Waals surface area contributed by atoms with Gasteiger partial charge in [0.05, 0.1) is 0 Å². The van der Waals surface area contributed by atoms with Crippen molar-refractivity contribution in [1.82, 2.24) is 9.47 Å². The van der Waals surface area contributed by atoms with Crippen molar-refractivity contribution >= 4 is 27.3 Å². The zero-order chi connectivity index (χ0) is 19.0. The fourth-order valence-corrected chi connectivity index (χ4v) is 4.17. The highest BCUT2D eigenvalue weighted by Gasteiger charge is 2.27. The van der Waals surface area contributed by atoms with Crippen LogP contribution in [0.4, 0.5) is 0 Å². The molecule has 0 N–H and O–H groups in total. The normalized spacial score (nSPS) is 10.9. The van der Waals surface area contributed by atoms with Gasteiger partial charge in [-0.15, -0.1) is 11.3 Å². The van der Waals surface area contributed by atoms with Crippen LogP contribution in [0.2, 0.25) is 0 Å². The molecule has 0 saturated heterocycles. The summed E-state index contributed by atoms with van der Waals surface area (Å²) in [4.78, 5) is 14.7. The number of rotatable bonds is 4. The molecule has 0 aliphatic carbocycles. The summed E-state index contributed by atoms with van der Waals surface area (Å²) < 4.78 is 8.65. The molecule has 5 nitrogen and oxygen atoms in total. The average molecular weight is 375 g/mol. The fourth-order valence-electron chi connectivity index (χ4n) is 3.22. The monoisotopic (exact) mass is 375 g/mol. The van der Waals surface area contributed by atoms with E-state index < -0.39 is 0 Å². The summed E-state index contributed by atoms with van der Waals surface area (Å²) in [6, 6.07) is 14.0. The highest BCUT2D eigenvalue weighted by atomic mass is 32.1. The first-order chi connectivity index (χ1) is 13.1. The maximum Gasteiger partial charge on any atom is 0.258 e. The van der Waals surface area contributed by atoms with Gasteiger partial charge in [0, 0.05) is 30.7 Å². The van der Waals surface area contributed by atoms with Gasteiger partial charge in [0.1, 0.15) is 23.0 Å². The Hall–Kier alpha value is -3.30. The quantitative estimate of drug-likeness (QED) is 0.518. The SMILES string of the molecule is Cc1oc(-n2cccc2)c(C#N)c1C(=O)N(C)Cc1csc2ccccc12. The molecule has 0 unspecified atom stereocenters. The van der Waals surface area contributed by atoms with Crippen LogP contribution in [-0.2, 0) is 6.54 Å². The van der Waals surface area contributed by atoms with Crippen molar-refractivity contribution in [3.05, 3.63) is 76.6 Å². The molecule has 27 heavy (non-hydrogen) atoms. The van der Waals surface area contributed by atoms with Crippen LogP contribution in [0.25, 0.3) is 16.0 Å². The molecule has 1 aromatic carbocycles. The summed E-state index contributed by atoms with van der Waals surface area (Å²) in [5.74, 6) is 0.599. The molecule has 0 atom stereocenters. The van der Waals surface area contributed by atoms with E-state index in [-0.39, 0.29) is 11.5 Å². The molecule has 0 spiro atoms. The van der Waals surface area contributed by atoms with E-state index >= 15 is 0 Å². The van der Waals surface area contributed by atoms with Crippen LogP contribution in [0.15, 0.2) is 58.6 Å². The van der Waals surface area contributed by atoms with Crippen molar-refractivity contribution in [3.63, 3.8) is 0 Å². The molecule has 0 saturated carbocycles. The molecule has 4 aromatic rings. The number of hydrogen-bond acceptors (Lipinski definition) is 4. The number of aromatic nitrogens is 1.